The van der Waals surface area contributed by atoms with Crippen LogP contribution in [0, 0.1) is 6.92 Å². The van der Waals surface area contributed by atoms with Crippen LogP contribution < -0.4 is 9.80 Å². The van der Waals surface area contributed by atoms with Gasteiger partial charge in [0.25, 0.3) is 0 Å². The Bertz CT molecular complexity index is 3280. The smallest absolute Gasteiger partial charge is 0.0534 e. The van der Waals surface area contributed by atoms with Crippen molar-refractivity contribution in [2.24, 2.45) is 0 Å². The first-order valence-corrected chi connectivity index (χ1v) is 22.8. The van der Waals surface area contributed by atoms with Gasteiger partial charge in [-0.3, -0.25) is 0 Å². The van der Waals surface area contributed by atoms with Gasteiger partial charge in [-0.1, -0.05) is 187 Å². The van der Waals surface area contributed by atoms with Gasteiger partial charge in [-0.25, -0.2) is 0 Å². The van der Waals surface area contributed by atoms with Crippen molar-refractivity contribution in [1.29, 1.82) is 0 Å². The van der Waals surface area contributed by atoms with E-state index in [0.717, 1.165) is 0 Å². The third kappa shape index (κ3) is 5.58. The molecule has 2 nitrogen and oxygen atoms in total. The van der Waals surface area contributed by atoms with E-state index in [1.807, 2.05) is 0 Å². The predicted molar refractivity (Wildman–Crippen MR) is 272 cm³/mol. The molecule has 310 valence electrons. The molecular weight excluding hydrogens is 773 g/mol. The molecule has 2 aliphatic heterocycles. The van der Waals surface area contributed by atoms with Crippen LogP contribution in [-0.2, 0) is 16.2 Å². The average molecular weight is 825 g/mol. The van der Waals surface area contributed by atoms with Gasteiger partial charge in [0.1, 0.15) is 0 Å². The maximum atomic E-state index is 2.49. The van der Waals surface area contributed by atoms with Crippen LogP contribution in [-0.4, -0.2) is 0 Å². The summed E-state index contributed by atoms with van der Waals surface area (Å²) >= 11 is 0. The van der Waals surface area contributed by atoms with Crippen LogP contribution >= 0.6 is 0 Å². The molecule has 0 amide bonds. The lowest BCUT2D eigenvalue weighted by molar-refractivity contribution is 0.631. The summed E-state index contributed by atoms with van der Waals surface area (Å²) in [5.41, 5.74) is 26.6. The molecule has 0 bridgehead atoms. The standard InChI is InChI=1S/C62H52N2/c1-39-20-33-59-55(34-39)60(2,3)50-16-10-13-19-58(50)64(59)45-28-32-49-47-30-24-41(36-52(47)62(6,7)54(49)38-45)22-21-40-23-29-46-48-31-27-44(37-53(48)61(4,5)51(46)35-40)63-56-17-11-8-14-42(56)25-26-43-15-9-12-18-57(43)63/h8-38H,1-7H3. The quantitative estimate of drug-likeness (QED) is 0.163. The third-order valence-electron chi connectivity index (χ3n) is 15.0. The zero-order valence-corrected chi connectivity index (χ0v) is 37.8. The molecule has 2 heteroatoms. The number of aryl methyl sites for hydroxylation is 1. The lowest BCUT2D eigenvalue weighted by Gasteiger charge is -2.42. The lowest BCUT2D eigenvalue weighted by Crippen LogP contribution is -2.30. The van der Waals surface area contributed by atoms with E-state index in [0.29, 0.717) is 0 Å². The monoisotopic (exact) mass is 824 g/mol. The van der Waals surface area contributed by atoms with E-state index in [2.05, 4.69) is 246 Å². The second kappa shape index (κ2) is 13.7. The van der Waals surface area contributed by atoms with Gasteiger partial charge in [0.05, 0.1) is 22.7 Å². The molecule has 64 heavy (non-hydrogen) atoms. The first-order chi connectivity index (χ1) is 30.9. The van der Waals surface area contributed by atoms with Crippen molar-refractivity contribution in [3.63, 3.8) is 0 Å². The molecule has 12 rings (SSSR count). The minimum Gasteiger partial charge on any atom is -0.310 e. The number of hydrogen-bond acceptors (Lipinski definition) is 2. The van der Waals surface area contributed by atoms with Gasteiger partial charge in [-0.2, -0.15) is 0 Å². The van der Waals surface area contributed by atoms with Crippen molar-refractivity contribution in [3.05, 3.63) is 225 Å². The predicted octanol–water partition coefficient (Wildman–Crippen LogP) is 16.8. The number of benzene rings is 8. The Morgan fingerprint density at radius 3 is 1.28 bits per heavy atom. The van der Waals surface area contributed by atoms with Crippen LogP contribution in [0.15, 0.2) is 164 Å². The van der Waals surface area contributed by atoms with Crippen molar-refractivity contribution in [1.82, 2.24) is 0 Å². The van der Waals surface area contributed by atoms with Crippen LogP contribution in [0.5, 0.6) is 0 Å². The molecule has 0 radical (unpaired) electrons. The van der Waals surface area contributed by atoms with Gasteiger partial charge in [0.2, 0.25) is 0 Å². The molecule has 8 aromatic carbocycles. The topological polar surface area (TPSA) is 6.48 Å². The lowest BCUT2D eigenvalue weighted by atomic mass is 9.73. The summed E-state index contributed by atoms with van der Waals surface area (Å²) in [5, 5.41) is 0. The Morgan fingerprint density at radius 1 is 0.344 bits per heavy atom. The first kappa shape index (κ1) is 38.5. The van der Waals surface area contributed by atoms with Crippen LogP contribution in [0.3, 0.4) is 0 Å². The number of fused-ring (bicyclic) bond motifs is 10. The third-order valence-corrected chi connectivity index (χ3v) is 15.0. The minimum atomic E-state index is -0.163. The number of nitrogens with zero attached hydrogens (tertiary/aromatic N) is 2. The van der Waals surface area contributed by atoms with Gasteiger partial charge in [-0.05, 0) is 133 Å². The van der Waals surface area contributed by atoms with E-state index < -0.39 is 0 Å². The summed E-state index contributed by atoms with van der Waals surface area (Å²) in [6.45, 7) is 16.5. The van der Waals surface area contributed by atoms with Crippen LogP contribution in [0.4, 0.5) is 34.1 Å². The van der Waals surface area contributed by atoms with Crippen LogP contribution in [0.25, 0.3) is 46.6 Å². The Morgan fingerprint density at radius 2 is 0.750 bits per heavy atom. The highest BCUT2D eigenvalue weighted by molar-refractivity contribution is 5.95. The zero-order valence-electron chi connectivity index (χ0n) is 37.8. The van der Waals surface area contributed by atoms with Gasteiger partial charge in [0.15, 0.2) is 0 Å². The minimum absolute atomic E-state index is 0.0950. The Kier molecular flexibility index (Phi) is 8.23. The Balaban J connectivity index is 0.851. The highest BCUT2D eigenvalue weighted by Gasteiger charge is 2.40. The fraction of sp³-hybridized carbons (Fsp3) is 0.161. The number of anilines is 6. The molecule has 4 aliphatic rings. The fourth-order valence-corrected chi connectivity index (χ4v) is 11.5. The molecule has 0 fully saturated rings. The highest BCUT2D eigenvalue weighted by Crippen LogP contribution is 2.56. The molecule has 0 N–H and O–H groups in total. The average Bonchev–Trinajstić information content (AvgIpc) is 3.57. The number of hydrogen-bond donors (Lipinski definition) is 0. The molecule has 2 aliphatic carbocycles. The molecule has 0 saturated carbocycles. The molecule has 2 heterocycles. The van der Waals surface area contributed by atoms with Gasteiger partial charge >= 0.3 is 0 Å². The number of rotatable bonds is 4. The van der Waals surface area contributed by atoms with Gasteiger partial charge in [0, 0.05) is 27.6 Å². The van der Waals surface area contributed by atoms with E-state index in [1.165, 1.54) is 118 Å². The molecule has 0 saturated heterocycles. The summed E-state index contributed by atoms with van der Waals surface area (Å²) in [6, 6.07) is 61.7. The van der Waals surface area contributed by atoms with Crippen molar-refractivity contribution in [2.75, 3.05) is 9.80 Å². The summed E-state index contributed by atoms with van der Waals surface area (Å²) in [6.07, 6.45) is 9.08. The van der Waals surface area contributed by atoms with E-state index >= 15 is 0 Å². The Labute approximate surface area is 378 Å². The van der Waals surface area contributed by atoms with E-state index in [9.17, 15) is 0 Å². The van der Waals surface area contributed by atoms with Crippen molar-refractivity contribution < 1.29 is 0 Å². The normalized spacial score (nSPS) is 16.2. The summed E-state index contributed by atoms with van der Waals surface area (Å²) in [5.74, 6) is 0. The summed E-state index contributed by atoms with van der Waals surface area (Å²) in [7, 11) is 0. The second-order valence-electron chi connectivity index (χ2n) is 19.9. The van der Waals surface area contributed by atoms with E-state index in [4.69, 9.17) is 0 Å². The first-order valence-electron chi connectivity index (χ1n) is 22.8. The molecule has 0 atom stereocenters. The highest BCUT2D eigenvalue weighted by atomic mass is 15.2. The van der Waals surface area contributed by atoms with Crippen molar-refractivity contribution in [3.8, 4) is 22.3 Å². The second-order valence-corrected chi connectivity index (χ2v) is 19.9. The SMILES string of the molecule is Cc1ccc2c(c1)C(C)(C)c1ccccc1N2c1ccc2c(c1)C(C)(C)c1cc(C=Cc3ccc4c(c3)C(C)(C)c3cc(N5c6ccccc6C=Cc6ccccc65)ccc3-4)ccc1-2. The fourth-order valence-electron chi connectivity index (χ4n) is 11.5. The summed E-state index contributed by atoms with van der Waals surface area (Å²) < 4.78 is 0. The molecule has 8 aromatic rings. The van der Waals surface area contributed by atoms with E-state index in [-0.39, 0.29) is 16.2 Å². The molecule has 0 spiro atoms. The maximum absolute atomic E-state index is 2.49. The largest absolute Gasteiger partial charge is 0.310 e. The van der Waals surface area contributed by atoms with Crippen molar-refractivity contribution >= 4 is 58.4 Å². The van der Waals surface area contributed by atoms with E-state index in [1.54, 1.807) is 0 Å². The summed E-state index contributed by atoms with van der Waals surface area (Å²) in [4.78, 5) is 4.92. The maximum Gasteiger partial charge on any atom is 0.0534 e. The number of para-hydroxylation sites is 3. The Hall–Kier alpha value is -7.16. The van der Waals surface area contributed by atoms with Gasteiger partial charge in [-0.15, -0.1) is 0 Å². The zero-order chi connectivity index (χ0) is 43.7. The van der Waals surface area contributed by atoms with Gasteiger partial charge < -0.3 is 9.80 Å². The molecular formula is C62H52N2. The molecule has 0 unspecified atom stereocenters. The van der Waals surface area contributed by atoms with Crippen molar-refractivity contribution in [2.45, 2.75) is 64.7 Å². The van der Waals surface area contributed by atoms with Crippen LogP contribution in [0.2, 0.25) is 0 Å². The van der Waals surface area contributed by atoms with Crippen LogP contribution in [0.1, 0.15) is 103 Å². The molecule has 0 aromatic heterocycles.